The van der Waals surface area contributed by atoms with Crippen molar-refractivity contribution >= 4 is 82.3 Å². The number of para-hydroxylation sites is 4. The zero-order valence-electron chi connectivity index (χ0n) is 59.6. The molecular weight excluding hydrogens is 1330 g/mol. The lowest BCUT2D eigenvalue weighted by atomic mass is 9.73. The fraction of sp³-hybridized carbons (Fsp3) is 0.447. The van der Waals surface area contributed by atoms with Crippen molar-refractivity contribution < 1.29 is 94.3 Å². The molecule has 14 N–H and O–H groups in total. The van der Waals surface area contributed by atoms with E-state index in [0.717, 1.165) is 104 Å². The number of hydrogen-bond donors (Lipinski definition) is 10. The third-order valence-corrected chi connectivity index (χ3v) is 19.3. The third-order valence-electron chi connectivity index (χ3n) is 19.3. The number of carboxylic acids is 8. The van der Waals surface area contributed by atoms with Crippen molar-refractivity contribution in [1.82, 2.24) is 19.6 Å². The van der Waals surface area contributed by atoms with Gasteiger partial charge in [0.2, 0.25) is 11.8 Å². The van der Waals surface area contributed by atoms with E-state index >= 15 is 0 Å². The maximum atomic E-state index is 12.6. The molecule has 6 aliphatic rings. The van der Waals surface area contributed by atoms with Crippen LogP contribution in [0.3, 0.4) is 0 Å². The molecule has 27 heteroatoms. The number of rotatable bonds is 20. The first-order valence-electron chi connectivity index (χ1n) is 34.2. The van der Waals surface area contributed by atoms with Gasteiger partial charge in [-0.1, -0.05) is 127 Å². The first-order valence-corrected chi connectivity index (χ1v) is 34.2. The molecule has 4 aromatic rings. The molecule has 0 aromatic heterocycles. The van der Waals surface area contributed by atoms with Gasteiger partial charge in [-0.2, -0.15) is 0 Å². The van der Waals surface area contributed by atoms with Crippen LogP contribution in [0.2, 0.25) is 0 Å². The van der Waals surface area contributed by atoms with Gasteiger partial charge in [-0.05, 0) is 136 Å². The molecule has 6 aliphatic heterocycles. The maximum Gasteiger partial charge on any atom is 0.328 e. The molecule has 0 radical (unpaired) electrons. The van der Waals surface area contributed by atoms with Crippen molar-refractivity contribution in [3.63, 3.8) is 0 Å². The van der Waals surface area contributed by atoms with E-state index < -0.39 is 58.8 Å². The Bertz CT molecular complexity index is 3220. The summed E-state index contributed by atoms with van der Waals surface area (Å²) in [6.07, 6.45) is 15.2. The van der Waals surface area contributed by atoms with Gasteiger partial charge in [-0.25, -0.2) is 38.4 Å². The summed E-state index contributed by atoms with van der Waals surface area (Å²) >= 11 is 0. The van der Waals surface area contributed by atoms with E-state index in [1.54, 1.807) is 0 Å². The van der Waals surface area contributed by atoms with Crippen molar-refractivity contribution in [1.29, 1.82) is 0 Å². The average Bonchev–Trinajstić information content (AvgIpc) is 0.749. The topological polar surface area (TPSA) is 436 Å². The highest BCUT2D eigenvalue weighted by Crippen LogP contribution is 2.50. The van der Waals surface area contributed by atoms with Gasteiger partial charge < -0.3 is 77.4 Å². The summed E-state index contributed by atoms with van der Waals surface area (Å²) in [5, 5.41) is 62.5. The molecule has 4 saturated heterocycles. The largest absolute Gasteiger partial charge is 0.478 e. The van der Waals surface area contributed by atoms with E-state index in [1.807, 2.05) is 0 Å². The zero-order chi connectivity index (χ0) is 75.5. The second kappa shape index (κ2) is 40.0. The first kappa shape index (κ1) is 85.4. The Balaban J connectivity index is 0.000000306. The van der Waals surface area contributed by atoms with Crippen LogP contribution in [0.5, 0.6) is 0 Å². The normalized spacial score (nSPS) is 18.4. The van der Waals surface area contributed by atoms with Crippen LogP contribution in [0.1, 0.15) is 128 Å². The van der Waals surface area contributed by atoms with E-state index in [0.29, 0.717) is 60.4 Å². The Hall–Kier alpha value is -10.1. The lowest BCUT2D eigenvalue weighted by molar-refractivity contribution is -0.135. The van der Waals surface area contributed by atoms with E-state index in [2.05, 4.69) is 168 Å². The highest BCUT2D eigenvalue weighted by Gasteiger charge is 2.47. The lowest BCUT2D eigenvalue weighted by Gasteiger charge is -2.48. The molecular formula is C76H102N8O19. The Kier molecular flexibility index (Phi) is 33.1. The molecule has 2 atom stereocenters. The molecule has 0 spiro atoms. The number of carbonyl (C=O) groups excluding carboxylic acids is 2. The first-order chi connectivity index (χ1) is 48.2. The number of aliphatic carboxylic acids is 8. The average molecular weight is 1430 g/mol. The number of piperidine rings is 4. The second-order valence-electron chi connectivity index (χ2n) is 27.3. The van der Waals surface area contributed by atoms with Gasteiger partial charge >= 0.3 is 47.8 Å². The molecule has 0 saturated carbocycles. The number of anilines is 4. The predicted octanol–water partition coefficient (Wildman–Crippen LogP) is 7.83. The molecule has 6 heterocycles. The third kappa shape index (κ3) is 24.6. The summed E-state index contributed by atoms with van der Waals surface area (Å²) in [6, 6.07) is 35.6. The van der Waals surface area contributed by atoms with Gasteiger partial charge in [-0.15, -0.1) is 0 Å². The number of benzene rings is 4. The number of hydrogen-bond acceptors (Lipinski definition) is 16. The molecule has 103 heavy (non-hydrogen) atoms. The van der Waals surface area contributed by atoms with Gasteiger partial charge in [0.15, 0.2) is 0 Å². The number of nitrogens with zero attached hydrogens (tertiary/aromatic N) is 6. The summed E-state index contributed by atoms with van der Waals surface area (Å²) in [4.78, 5) is 117. The van der Waals surface area contributed by atoms with Gasteiger partial charge in [0.05, 0.1) is 0 Å². The summed E-state index contributed by atoms with van der Waals surface area (Å²) in [6.45, 7) is 26.0. The lowest BCUT2D eigenvalue weighted by Crippen LogP contribution is -2.63. The van der Waals surface area contributed by atoms with Gasteiger partial charge in [0.1, 0.15) is 11.1 Å². The molecule has 4 aromatic carbocycles. The predicted molar refractivity (Wildman–Crippen MR) is 390 cm³/mol. The molecule has 0 bridgehead atoms. The van der Waals surface area contributed by atoms with Crippen molar-refractivity contribution in [2.75, 3.05) is 88.3 Å². The smallest absolute Gasteiger partial charge is 0.328 e. The van der Waals surface area contributed by atoms with E-state index in [4.69, 9.17) is 52.3 Å². The highest BCUT2D eigenvalue weighted by atomic mass is 16.4. The van der Waals surface area contributed by atoms with Gasteiger partial charge in [0.25, 0.3) is 0 Å². The van der Waals surface area contributed by atoms with Crippen LogP contribution in [0.25, 0.3) is 0 Å². The molecule has 2 amide bonds. The van der Waals surface area contributed by atoms with E-state index in [-0.39, 0.29) is 28.1 Å². The number of carboxylic acid groups (broad SMARTS) is 8. The summed E-state index contributed by atoms with van der Waals surface area (Å²) < 4.78 is 0. The minimum atomic E-state index is -1.26. The Morgan fingerprint density at radius 1 is 0.350 bits per heavy atom. The van der Waals surface area contributed by atoms with Crippen LogP contribution in [-0.4, -0.2) is 215 Å². The minimum Gasteiger partial charge on any atom is -0.478 e. The maximum absolute atomic E-state index is 12.6. The van der Waals surface area contributed by atoms with Crippen LogP contribution in [-0.2, 0) is 58.8 Å². The molecule has 2 unspecified atom stereocenters. The fourth-order valence-corrected chi connectivity index (χ4v) is 14.4. The molecule has 0 aliphatic carbocycles. The molecule has 4 fully saturated rings. The Morgan fingerprint density at radius 2 is 0.553 bits per heavy atom. The summed E-state index contributed by atoms with van der Waals surface area (Å²) in [5.41, 5.74) is 22.1. The van der Waals surface area contributed by atoms with E-state index in [1.165, 1.54) is 83.5 Å². The summed E-state index contributed by atoms with van der Waals surface area (Å²) in [5.74, 6) is -9.30. The van der Waals surface area contributed by atoms with Crippen molar-refractivity contribution in [3.05, 3.63) is 168 Å². The standard InChI is InChI=1S/2C30H42N4O.4C4H4O4.H2O/c2*1-23(21-32-19-15-30(16-20-32,28(31)35)33-17-9-4-10-18-33)22-34-26-13-7-5-11-24(26)29(2,3)25-12-6-8-14-27(25)34;4*5-3(6)1-2-4(7)8;/h2*5-8,11-14,23H,4,9-10,15-22H2,1-3H3,(H2,31,35);4*1-2H,(H,5,6)(H,7,8);1H2/b;;4*2-1-;. The Morgan fingerprint density at radius 3 is 0.748 bits per heavy atom. The SMILES string of the molecule is CC(CN1CCC(C(N)=O)(N2CCCCC2)CC1)CN1c2ccccc2C(C)(C)c2ccccc21.CC(CN1CCC(C(N)=O)(N2CCCCC2)CC1)CN1c2ccccc2C(C)(C)c2ccccc21.O.O=C(O)/C=C\C(=O)O.O=C(O)/C=C\C(=O)O.O=C(O)/C=C\C(=O)O.O=C(O)/C=C\C(=O)O. The van der Waals surface area contributed by atoms with Crippen LogP contribution in [0, 0.1) is 11.8 Å². The molecule has 27 nitrogen and oxygen atoms in total. The number of carbonyl (C=O) groups is 10. The number of nitrogens with two attached hydrogens (primary N) is 2. The van der Waals surface area contributed by atoms with Crippen molar-refractivity contribution in [2.24, 2.45) is 23.3 Å². The second-order valence-corrected chi connectivity index (χ2v) is 27.3. The monoisotopic (exact) mass is 1430 g/mol. The molecule has 560 valence electrons. The van der Waals surface area contributed by atoms with Crippen LogP contribution < -0.4 is 21.3 Å². The van der Waals surface area contributed by atoms with Crippen molar-refractivity contribution in [3.8, 4) is 0 Å². The number of amides is 2. The van der Waals surface area contributed by atoms with Gasteiger partial charge in [-0.3, -0.25) is 19.4 Å². The fourth-order valence-electron chi connectivity index (χ4n) is 14.4. The summed E-state index contributed by atoms with van der Waals surface area (Å²) in [7, 11) is 0. The Labute approximate surface area is 601 Å². The zero-order valence-corrected chi connectivity index (χ0v) is 59.6. The molecule has 10 rings (SSSR count). The number of primary amides is 2. The van der Waals surface area contributed by atoms with Crippen LogP contribution in [0.4, 0.5) is 22.7 Å². The highest BCUT2D eigenvalue weighted by molar-refractivity contribution is 5.92. The van der Waals surface area contributed by atoms with Gasteiger partial charge in [0, 0.05) is 135 Å². The van der Waals surface area contributed by atoms with Crippen molar-refractivity contribution in [2.45, 2.75) is 128 Å². The van der Waals surface area contributed by atoms with Crippen LogP contribution >= 0.6 is 0 Å². The van der Waals surface area contributed by atoms with E-state index in [9.17, 15) is 47.9 Å². The number of fused-ring (bicyclic) bond motifs is 4. The quantitative estimate of drug-likeness (QED) is 0.0377. The number of likely N-dealkylation sites (tertiary alicyclic amines) is 4. The minimum absolute atomic E-state index is 0. The van der Waals surface area contributed by atoms with Crippen LogP contribution in [0.15, 0.2) is 146 Å².